The summed E-state index contributed by atoms with van der Waals surface area (Å²) in [4.78, 5) is 12.2. The van der Waals surface area contributed by atoms with E-state index in [1.165, 1.54) is 16.4 Å². The highest BCUT2D eigenvalue weighted by atomic mass is 35.5. The number of nitrogens with two attached hydrogens (primary N) is 1. The Morgan fingerprint density at radius 3 is 2.95 bits per heavy atom. The summed E-state index contributed by atoms with van der Waals surface area (Å²) >= 11 is 7.19. The lowest BCUT2D eigenvalue weighted by Gasteiger charge is -2.11. The third-order valence-electron chi connectivity index (χ3n) is 3.38. The fourth-order valence-electron chi connectivity index (χ4n) is 2.01. The van der Waals surface area contributed by atoms with Gasteiger partial charge in [0.05, 0.1) is 5.25 Å². The van der Waals surface area contributed by atoms with Gasteiger partial charge in [-0.2, -0.15) is 0 Å². The highest BCUT2D eigenvalue weighted by molar-refractivity contribution is 8.00. The van der Waals surface area contributed by atoms with E-state index in [9.17, 15) is 4.79 Å². The maximum Gasteiger partial charge on any atom is 0.237 e. The van der Waals surface area contributed by atoms with Crippen molar-refractivity contribution in [3.63, 3.8) is 0 Å². The maximum atomic E-state index is 12.2. The summed E-state index contributed by atoms with van der Waals surface area (Å²) in [6, 6.07) is 7.03. The molecule has 8 heteroatoms. The van der Waals surface area contributed by atoms with Crippen LogP contribution in [0.25, 0.3) is 0 Å². The predicted molar refractivity (Wildman–Crippen MR) is 87.5 cm³/mol. The number of carbonyl (C=O) groups is 1. The molecule has 1 heterocycles. The third-order valence-corrected chi connectivity index (χ3v) is 4.67. The van der Waals surface area contributed by atoms with Gasteiger partial charge in [-0.1, -0.05) is 29.4 Å². The summed E-state index contributed by atoms with van der Waals surface area (Å²) in [5.41, 5.74) is 0.665. The van der Waals surface area contributed by atoms with Crippen molar-refractivity contribution >= 4 is 35.0 Å². The van der Waals surface area contributed by atoms with Crippen LogP contribution in [0.15, 0.2) is 29.4 Å². The van der Waals surface area contributed by atoms with Crippen molar-refractivity contribution in [1.82, 2.24) is 14.9 Å². The van der Waals surface area contributed by atoms with Gasteiger partial charge in [-0.05, 0) is 38.0 Å². The molecule has 1 aliphatic carbocycles. The van der Waals surface area contributed by atoms with Crippen LogP contribution in [0, 0.1) is 0 Å². The van der Waals surface area contributed by atoms with Crippen molar-refractivity contribution in [3.05, 3.63) is 35.1 Å². The van der Waals surface area contributed by atoms with Crippen LogP contribution in [0.3, 0.4) is 0 Å². The number of carbonyl (C=O) groups excluding carboxylic acids is 1. The van der Waals surface area contributed by atoms with Gasteiger partial charge in [-0.25, -0.2) is 4.68 Å². The van der Waals surface area contributed by atoms with E-state index < -0.39 is 0 Å². The van der Waals surface area contributed by atoms with Gasteiger partial charge in [0.15, 0.2) is 5.82 Å². The Morgan fingerprint density at radius 1 is 1.50 bits per heavy atom. The molecular weight excluding hydrogens is 322 g/mol. The number of rotatable bonds is 5. The van der Waals surface area contributed by atoms with Crippen LogP contribution < -0.4 is 11.2 Å². The lowest BCUT2D eigenvalue weighted by molar-refractivity contribution is -0.115. The molecule has 0 aliphatic heterocycles. The molecule has 1 aromatic carbocycles. The lowest BCUT2D eigenvalue weighted by atomic mass is 10.3. The fraction of sp³-hybridized carbons (Fsp3) is 0.357. The maximum absolute atomic E-state index is 12.2. The Hall–Kier alpha value is -1.73. The SMILES string of the molecule is C[C@H](Sc1nnc(C2CC2)n1N)C(=O)Nc1cccc(Cl)c1. The molecule has 3 N–H and O–H groups in total. The molecular formula is C14H16ClN5OS. The number of benzene rings is 1. The topological polar surface area (TPSA) is 85.8 Å². The van der Waals surface area contributed by atoms with Crippen LogP contribution in [0.5, 0.6) is 0 Å². The first-order valence-corrected chi connectivity index (χ1v) is 8.24. The Bertz CT molecular complexity index is 700. The minimum atomic E-state index is -0.350. The third kappa shape index (κ3) is 3.36. The normalized spacial score (nSPS) is 15.5. The number of halogens is 1. The van der Waals surface area contributed by atoms with E-state index in [4.69, 9.17) is 17.4 Å². The molecule has 0 radical (unpaired) electrons. The van der Waals surface area contributed by atoms with Crippen molar-refractivity contribution in [3.8, 4) is 0 Å². The standard InChI is InChI=1S/C14H16ClN5OS/c1-8(13(21)17-11-4-2-3-10(15)7-11)22-14-19-18-12(20(14)16)9-5-6-9/h2-4,7-9H,5-6,16H2,1H3,(H,17,21)/t8-/m0/s1. The van der Waals surface area contributed by atoms with E-state index >= 15 is 0 Å². The molecule has 116 valence electrons. The Balaban J connectivity index is 1.63. The van der Waals surface area contributed by atoms with E-state index in [-0.39, 0.29) is 11.2 Å². The van der Waals surface area contributed by atoms with Gasteiger partial charge in [-0.3, -0.25) is 4.79 Å². The zero-order valence-corrected chi connectivity index (χ0v) is 13.6. The number of thioether (sulfide) groups is 1. The minimum absolute atomic E-state index is 0.136. The minimum Gasteiger partial charge on any atom is -0.336 e. The molecule has 2 aromatic rings. The predicted octanol–water partition coefficient (Wildman–Crippen LogP) is 2.64. The Morgan fingerprint density at radius 2 is 2.27 bits per heavy atom. The second-order valence-electron chi connectivity index (χ2n) is 5.24. The van der Waals surface area contributed by atoms with Gasteiger partial charge in [0.2, 0.25) is 11.1 Å². The number of amides is 1. The second kappa shape index (κ2) is 6.18. The molecule has 6 nitrogen and oxygen atoms in total. The average Bonchev–Trinajstić information content (AvgIpc) is 3.25. The smallest absolute Gasteiger partial charge is 0.237 e. The van der Waals surface area contributed by atoms with E-state index in [1.807, 2.05) is 0 Å². The van der Waals surface area contributed by atoms with Crippen LogP contribution in [0.1, 0.15) is 31.5 Å². The fourth-order valence-corrected chi connectivity index (χ4v) is 2.98. The Labute approximate surface area is 137 Å². The van der Waals surface area contributed by atoms with Gasteiger partial charge in [0.1, 0.15) is 0 Å². The number of nitrogens with one attached hydrogen (secondary N) is 1. The van der Waals surface area contributed by atoms with Gasteiger partial charge < -0.3 is 11.2 Å². The number of hydrogen-bond acceptors (Lipinski definition) is 5. The molecule has 0 saturated heterocycles. The van der Waals surface area contributed by atoms with Crippen molar-refractivity contribution in [2.45, 2.75) is 36.1 Å². The van der Waals surface area contributed by atoms with Crippen LogP contribution in [-0.2, 0) is 4.79 Å². The molecule has 3 rings (SSSR count). The number of anilines is 1. The molecule has 0 unspecified atom stereocenters. The summed E-state index contributed by atoms with van der Waals surface area (Å²) in [6.45, 7) is 1.80. The molecule has 1 aliphatic rings. The van der Waals surface area contributed by atoms with Gasteiger partial charge >= 0.3 is 0 Å². The summed E-state index contributed by atoms with van der Waals surface area (Å²) in [5, 5.41) is 11.8. The van der Waals surface area contributed by atoms with Crippen LogP contribution >= 0.6 is 23.4 Å². The quantitative estimate of drug-likeness (QED) is 0.647. The highest BCUT2D eigenvalue weighted by Crippen LogP contribution is 2.39. The first-order valence-electron chi connectivity index (χ1n) is 6.98. The molecule has 0 spiro atoms. The molecule has 1 aromatic heterocycles. The number of nitrogen functional groups attached to an aromatic ring is 1. The largest absolute Gasteiger partial charge is 0.336 e. The van der Waals surface area contributed by atoms with Crippen LogP contribution in [0.2, 0.25) is 5.02 Å². The first-order chi connectivity index (χ1) is 10.5. The monoisotopic (exact) mass is 337 g/mol. The summed E-state index contributed by atoms with van der Waals surface area (Å²) in [6.07, 6.45) is 2.20. The second-order valence-corrected chi connectivity index (χ2v) is 6.99. The zero-order chi connectivity index (χ0) is 15.7. The van der Waals surface area contributed by atoms with Gasteiger partial charge in [0, 0.05) is 16.6 Å². The number of hydrogen-bond donors (Lipinski definition) is 2. The molecule has 1 atom stereocenters. The molecule has 0 bridgehead atoms. The number of aromatic nitrogens is 3. The number of nitrogens with zero attached hydrogens (tertiary/aromatic N) is 3. The van der Waals surface area contributed by atoms with E-state index in [1.54, 1.807) is 31.2 Å². The van der Waals surface area contributed by atoms with Crippen molar-refractivity contribution < 1.29 is 4.79 Å². The average molecular weight is 338 g/mol. The van der Waals surface area contributed by atoms with Crippen LogP contribution in [-0.4, -0.2) is 26.0 Å². The summed E-state index contributed by atoms with van der Waals surface area (Å²) in [7, 11) is 0. The molecule has 1 fully saturated rings. The van der Waals surface area contributed by atoms with Crippen LogP contribution in [0.4, 0.5) is 5.69 Å². The van der Waals surface area contributed by atoms with Crippen molar-refractivity contribution in [2.24, 2.45) is 0 Å². The van der Waals surface area contributed by atoms with E-state index in [0.29, 0.717) is 21.8 Å². The summed E-state index contributed by atoms with van der Waals surface area (Å²) < 4.78 is 1.49. The van der Waals surface area contributed by atoms with Crippen molar-refractivity contribution in [2.75, 3.05) is 11.2 Å². The molecule has 1 amide bonds. The highest BCUT2D eigenvalue weighted by Gasteiger charge is 2.30. The summed E-state index contributed by atoms with van der Waals surface area (Å²) in [5.74, 6) is 7.07. The van der Waals surface area contributed by atoms with E-state index in [2.05, 4.69) is 15.5 Å². The molecule has 1 saturated carbocycles. The zero-order valence-electron chi connectivity index (χ0n) is 12.0. The van der Waals surface area contributed by atoms with Crippen molar-refractivity contribution in [1.29, 1.82) is 0 Å². The molecule has 22 heavy (non-hydrogen) atoms. The Kier molecular flexibility index (Phi) is 4.26. The van der Waals surface area contributed by atoms with Gasteiger partial charge in [-0.15, -0.1) is 10.2 Å². The van der Waals surface area contributed by atoms with Gasteiger partial charge in [0.25, 0.3) is 0 Å². The lowest BCUT2D eigenvalue weighted by Crippen LogP contribution is -2.23. The van der Waals surface area contributed by atoms with E-state index in [0.717, 1.165) is 18.7 Å². The first kappa shape index (κ1) is 15.2.